The van der Waals surface area contributed by atoms with Crippen molar-refractivity contribution < 1.29 is 15.0 Å². The maximum Gasteiger partial charge on any atom is 0.320 e. The molecule has 0 amide bonds. The molecule has 2 N–H and O–H groups in total. The summed E-state index contributed by atoms with van der Waals surface area (Å²) in [6.45, 7) is 5.27. The summed E-state index contributed by atoms with van der Waals surface area (Å²) in [6.07, 6.45) is 2.00. The molecule has 0 aromatic heterocycles. The van der Waals surface area contributed by atoms with Gasteiger partial charge in [0.15, 0.2) is 0 Å². The zero-order valence-electron chi connectivity index (χ0n) is 9.52. The lowest BCUT2D eigenvalue weighted by atomic mass is 9.92. The van der Waals surface area contributed by atoms with E-state index in [2.05, 4.69) is 6.92 Å². The van der Waals surface area contributed by atoms with Crippen LogP contribution >= 0.6 is 0 Å². The Kier molecular flexibility index (Phi) is 4.54. The monoisotopic (exact) mass is 215 g/mol. The molecule has 1 aliphatic heterocycles. The lowest BCUT2D eigenvalue weighted by molar-refractivity contribution is -0.146. The van der Waals surface area contributed by atoms with E-state index in [0.717, 1.165) is 13.0 Å². The number of likely N-dealkylation sites (tertiary alicyclic amines) is 1. The van der Waals surface area contributed by atoms with Crippen LogP contribution in [0.25, 0.3) is 0 Å². The SMILES string of the molecule is CCC(O)CN1CCC(C)CC1C(=O)O. The molecule has 4 heteroatoms. The number of rotatable bonds is 4. The third-order valence-corrected chi connectivity index (χ3v) is 3.18. The first-order chi connectivity index (χ1) is 7.04. The number of aliphatic hydroxyl groups excluding tert-OH is 1. The second-order valence-corrected chi connectivity index (χ2v) is 4.54. The second-order valence-electron chi connectivity index (χ2n) is 4.54. The average molecular weight is 215 g/mol. The van der Waals surface area contributed by atoms with E-state index < -0.39 is 18.1 Å². The minimum absolute atomic E-state index is 0.403. The Bertz CT molecular complexity index is 220. The van der Waals surface area contributed by atoms with E-state index in [1.165, 1.54) is 0 Å². The van der Waals surface area contributed by atoms with Crippen LogP contribution in [0, 0.1) is 5.92 Å². The highest BCUT2D eigenvalue weighted by Crippen LogP contribution is 2.22. The Morgan fingerprint density at radius 2 is 2.27 bits per heavy atom. The second kappa shape index (κ2) is 5.47. The molecule has 0 saturated carbocycles. The molecule has 3 unspecified atom stereocenters. The number of aliphatic carboxylic acids is 1. The Labute approximate surface area is 90.9 Å². The van der Waals surface area contributed by atoms with Crippen LogP contribution in [0.15, 0.2) is 0 Å². The first-order valence-electron chi connectivity index (χ1n) is 5.69. The molecule has 88 valence electrons. The van der Waals surface area contributed by atoms with Crippen LogP contribution in [0.3, 0.4) is 0 Å². The molecule has 0 bridgehead atoms. The quantitative estimate of drug-likeness (QED) is 0.732. The molecule has 0 aromatic rings. The Balaban J connectivity index is 2.56. The zero-order valence-corrected chi connectivity index (χ0v) is 9.52. The number of hydrogen-bond acceptors (Lipinski definition) is 3. The number of aliphatic hydroxyl groups is 1. The van der Waals surface area contributed by atoms with Gasteiger partial charge in [0.2, 0.25) is 0 Å². The third-order valence-electron chi connectivity index (χ3n) is 3.18. The van der Waals surface area contributed by atoms with E-state index in [0.29, 0.717) is 25.3 Å². The molecule has 3 atom stereocenters. The molecular weight excluding hydrogens is 194 g/mol. The molecule has 0 aromatic carbocycles. The maximum atomic E-state index is 11.1. The van der Waals surface area contributed by atoms with Gasteiger partial charge in [0.25, 0.3) is 0 Å². The van der Waals surface area contributed by atoms with Gasteiger partial charge in [0.1, 0.15) is 6.04 Å². The van der Waals surface area contributed by atoms with Gasteiger partial charge >= 0.3 is 5.97 Å². The minimum atomic E-state index is -0.759. The molecule has 1 heterocycles. The van der Waals surface area contributed by atoms with Gasteiger partial charge in [0.05, 0.1) is 6.10 Å². The van der Waals surface area contributed by atoms with Crippen molar-refractivity contribution in [1.82, 2.24) is 4.90 Å². The van der Waals surface area contributed by atoms with Crippen LogP contribution in [0.5, 0.6) is 0 Å². The van der Waals surface area contributed by atoms with Crippen molar-refractivity contribution in [1.29, 1.82) is 0 Å². The number of carboxylic acid groups (broad SMARTS) is 1. The van der Waals surface area contributed by atoms with Crippen molar-refractivity contribution in [3.8, 4) is 0 Å². The van der Waals surface area contributed by atoms with Crippen LogP contribution < -0.4 is 0 Å². The smallest absolute Gasteiger partial charge is 0.320 e. The summed E-state index contributed by atoms with van der Waals surface area (Å²) in [5.74, 6) is -0.286. The van der Waals surface area contributed by atoms with Gasteiger partial charge in [0, 0.05) is 6.54 Å². The highest BCUT2D eigenvalue weighted by Gasteiger charge is 2.32. The fourth-order valence-electron chi connectivity index (χ4n) is 2.07. The molecule has 0 spiro atoms. The number of nitrogens with zero attached hydrogens (tertiary/aromatic N) is 1. The summed E-state index contributed by atoms with van der Waals surface area (Å²) in [4.78, 5) is 13.0. The molecule has 4 nitrogen and oxygen atoms in total. The van der Waals surface area contributed by atoms with E-state index in [9.17, 15) is 9.90 Å². The van der Waals surface area contributed by atoms with Gasteiger partial charge in [-0.15, -0.1) is 0 Å². The van der Waals surface area contributed by atoms with Crippen LogP contribution in [-0.2, 0) is 4.79 Å². The fourth-order valence-corrected chi connectivity index (χ4v) is 2.07. The summed E-state index contributed by atoms with van der Waals surface area (Å²) in [6, 6.07) is -0.407. The summed E-state index contributed by atoms with van der Waals surface area (Å²) < 4.78 is 0. The van der Waals surface area contributed by atoms with Crippen molar-refractivity contribution in [3.05, 3.63) is 0 Å². The van der Waals surface area contributed by atoms with Crippen molar-refractivity contribution in [2.45, 2.75) is 45.3 Å². The predicted molar refractivity (Wildman–Crippen MR) is 57.7 cm³/mol. The Morgan fingerprint density at radius 1 is 1.60 bits per heavy atom. The predicted octanol–water partition coefficient (Wildman–Crippen LogP) is 0.942. The van der Waals surface area contributed by atoms with Gasteiger partial charge in [-0.2, -0.15) is 0 Å². The number of piperidine rings is 1. The van der Waals surface area contributed by atoms with Crippen LogP contribution in [0.1, 0.15) is 33.1 Å². The Morgan fingerprint density at radius 3 is 2.80 bits per heavy atom. The average Bonchev–Trinajstić information content (AvgIpc) is 2.20. The number of carbonyl (C=O) groups is 1. The summed E-state index contributed by atoms with van der Waals surface area (Å²) in [5, 5.41) is 18.6. The maximum absolute atomic E-state index is 11.1. The van der Waals surface area contributed by atoms with Gasteiger partial charge in [-0.3, -0.25) is 9.69 Å². The number of hydrogen-bond donors (Lipinski definition) is 2. The number of β-amino-alcohol motifs (C(OH)–C–C–N with tert-alkyl or cyclic N) is 1. The van der Waals surface area contributed by atoms with E-state index in [4.69, 9.17) is 5.11 Å². The van der Waals surface area contributed by atoms with Gasteiger partial charge in [-0.1, -0.05) is 13.8 Å². The summed E-state index contributed by atoms with van der Waals surface area (Å²) in [5.41, 5.74) is 0. The standard InChI is InChI=1S/C11H21NO3/c1-3-9(13)7-12-5-4-8(2)6-10(12)11(14)15/h8-10,13H,3-7H2,1-2H3,(H,14,15). The topological polar surface area (TPSA) is 60.8 Å². The normalized spacial score (nSPS) is 30.1. The summed E-state index contributed by atoms with van der Waals surface area (Å²) >= 11 is 0. The largest absolute Gasteiger partial charge is 0.480 e. The van der Waals surface area contributed by atoms with Gasteiger partial charge in [-0.05, 0) is 31.7 Å². The van der Waals surface area contributed by atoms with Crippen molar-refractivity contribution in [3.63, 3.8) is 0 Å². The van der Waals surface area contributed by atoms with Crippen LogP contribution in [0.4, 0.5) is 0 Å². The van der Waals surface area contributed by atoms with E-state index in [-0.39, 0.29) is 0 Å². The Hall–Kier alpha value is -0.610. The molecule has 1 rings (SSSR count). The lowest BCUT2D eigenvalue weighted by Gasteiger charge is -2.36. The highest BCUT2D eigenvalue weighted by atomic mass is 16.4. The molecule has 0 radical (unpaired) electrons. The van der Waals surface area contributed by atoms with E-state index in [1.807, 2.05) is 11.8 Å². The molecule has 1 fully saturated rings. The molecule has 1 aliphatic rings. The van der Waals surface area contributed by atoms with Crippen LogP contribution in [-0.4, -0.2) is 46.3 Å². The van der Waals surface area contributed by atoms with E-state index in [1.54, 1.807) is 0 Å². The first kappa shape index (κ1) is 12.5. The summed E-state index contributed by atoms with van der Waals surface area (Å²) in [7, 11) is 0. The highest BCUT2D eigenvalue weighted by molar-refractivity contribution is 5.73. The molecule has 15 heavy (non-hydrogen) atoms. The zero-order chi connectivity index (χ0) is 11.4. The van der Waals surface area contributed by atoms with Gasteiger partial charge in [-0.25, -0.2) is 0 Å². The lowest BCUT2D eigenvalue weighted by Crippen LogP contribution is -2.49. The minimum Gasteiger partial charge on any atom is -0.480 e. The van der Waals surface area contributed by atoms with Crippen molar-refractivity contribution in [2.75, 3.05) is 13.1 Å². The molecular formula is C11H21NO3. The van der Waals surface area contributed by atoms with E-state index >= 15 is 0 Å². The third kappa shape index (κ3) is 3.47. The van der Waals surface area contributed by atoms with Gasteiger partial charge < -0.3 is 10.2 Å². The fraction of sp³-hybridized carbons (Fsp3) is 0.909. The van der Waals surface area contributed by atoms with Crippen molar-refractivity contribution >= 4 is 5.97 Å². The molecule has 1 saturated heterocycles. The first-order valence-corrected chi connectivity index (χ1v) is 5.69. The van der Waals surface area contributed by atoms with Crippen molar-refractivity contribution in [2.24, 2.45) is 5.92 Å². The van der Waals surface area contributed by atoms with Crippen LogP contribution in [0.2, 0.25) is 0 Å². The number of carboxylic acids is 1. The molecule has 0 aliphatic carbocycles.